The van der Waals surface area contributed by atoms with Gasteiger partial charge in [-0.05, 0) is 56.2 Å². The summed E-state index contributed by atoms with van der Waals surface area (Å²) < 4.78 is 15.7. The molecule has 0 unspecified atom stereocenters. The first kappa shape index (κ1) is 20.3. The van der Waals surface area contributed by atoms with Crippen molar-refractivity contribution in [3.05, 3.63) is 40.8 Å². The Labute approximate surface area is 186 Å². The molecule has 9 nitrogen and oxygen atoms in total. The second-order valence-corrected chi connectivity index (χ2v) is 8.57. The second kappa shape index (κ2) is 8.52. The van der Waals surface area contributed by atoms with Crippen LogP contribution >= 0.6 is 12.2 Å². The normalized spacial score (nSPS) is 17.9. The molecule has 1 saturated heterocycles. The molecule has 2 aliphatic rings. The lowest BCUT2D eigenvalue weighted by Gasteiger charge is -2.33. The molecule has 31 heavy (non-hydrogen) atoms. The van der Waals surface area contributed by atoms with Crippen LogP contribution < -0.4 is 4.74 Å². The van der Waals surface area contributed by atoms with Crippen LogP contribution in [0.5, 0.6) is 5.75 Å². The third-order valence-electron chi connectivity index (χ3n) is 5.93. The van der Waals surface area contributed by atoms with Gasteiger partial charge < -0.3 is 13.8 Å². The summed E-state index contributed by atoms with van der Waals surface area (Å²) >= 11 is 5.66. The van der Waals surface area contributed by atoms with E-state index in [1.165, 1.54) is 12.8 Å². The first-order chi connectivity index (χ1) is 15.1. The summed E-state index contributed by atoms with van der Waals surface area (Å²) in [7, 11) is 1.65. The van der Waals surface area contributed by atoms with Crippen LogP contribution in [0.1, 0.15) is 30.6 Å². The predicted molar refractivity (Wildman–Crippen MR) is 117 cm³/mol. The summed E-state index contributed by atoms with van der Waals surface area (Å²) in [6.45, 7) is 7.24. The minimum atomic E-state index is 0.565. The Kier molecular flexibility index (Phi) is 5.59. The summed E-state index contributed by atoms with van der Waals surface area (Å²) in [5, 5.41) is 8.80. The summed E-state index contributed by atoms with van der Waals surface area (Å²) in [5.41, 5.74) is 0.915. The van der Waals surface area contributed by atoms with Gasteiger partial charge in [-0.3, -0.25) is 9.80 Å². The van der Waals surface area contributed by atoms with E-state index in [0.717, 1.165) is 54.8 Å². The highest BCUT2D eigenvalue weighted by molar-refractivity contribution is 7.71. The largest absolute Gasteiger partial charge is 0.497 e. The molecule has 0 atom stereocenters. The Morgan fingerprint density at radius 2 is 1.81 bits per heavy atom. The first-order valence-electron chi connectivity index (χ1n) is 10.7. The molecular weight excluding hydrogens is 414 g/mol. The standard InChI is InChI=1S/C21H27N7O2S/c1-15-23-27(21(31)28(15)17-5-6-17)14-26-11-9-25(10-12-26)13-19-22-20(24-30-19)16-3-7-18(29-2)8-4-16/h3-4,7-8,17H,5-6,9-14H2,1-2H3. The van der Waals surface area contributed by atoms with E-state index in [1.807, 2.05) is 35.9 Å². The van der Waals surface area contributed by atoms with E-state index >= 15 is 0 Å². The Bertz CT molecular complexity index is 1090. The van der Waals surface area contributed by atoms with Gasteiger partial charge in [0.2, 0.25) is 11.7 Å². The Hall–Kier alpha value is -2.56. The zero-order valence-electron chi connectivity index (χ0n) is 17.9. The lowest BCUT2D eigenvalue weighted by molar-refractivity contribution is 0.0907. The topological polar surface area (TPSA) is 77.4 Å². The zero-order chi connectivity index (χ0) is 21.4. The van der Waals surface area contributed by atoms with Crippen molar-refractivity contribution in [2.24, 2.45) is 0 Å². The summed E-state index contributed by atoms with van der Waals surface area (Å²) in [5.74, 6) is 3.07. The molecule has 0 spiro atoms. The van der Waals surface area contributed by atoms with Gasteiger partial charge in [-0.1, -0.05) is 5.16 Å². The van der Waals surface area contributed by atoms with E-state index in [1.54, 1.807) is 7.11 Å². The maximum absolute atomic E-state index is 5.66. The number of piperazine rings is 1. The van der Waals surface area contributed by atoms with Gasteiger partial charge in [0.25, 0.3) is 0 Å². The van der Waals surface area contributed by atoms with E-state index in [0.29, 0.717) is 24.3 Å². The van der Waals surface area contributed by atoms with Crippen LogP contribution in [-0.4, -0.2) is 67.6 Å². The van der Waals surface area contributed by atoms with Crippen LogP contribution in [0, 0.1) is 11.7 Å². The van der Waals surface area contributed by atoms with Gasteiger partial charge in [-0.2, -0.15) is 10.1 Å². The second-order valence-electron chi connectivity index (χ2n) is 8.21. The maximum Gasteiger partial charge on any atom is 0.241 e. The molecule has 1 aliphatic heterocycles. The molecule has 164 valence electrons. The molecule has 0 N–H and O–H groups in total. The maximum atomic E-state index is 5.66. The Morgan fingerprint density at radius 3 is 2.48 bits per heavy atom. The van der Waals surface area contributed by atoms with Crippen molar-refractivity contribution in [3.8, 4) is 17.1 Å². The molecule has 1 aliphatic carbocycles. The van der Waals surface area contributed by atoms with Crippen molar-refractivity contribution in [2.75, 3.05) is 33.3 Å². The van der Waals surface area contributed by atoms with Gasteiger partial charge in [0.15, 0.2) is 4.77 Å². The molecule has 2 fully saturated rings. The van der Waals surface area contributed by atoms with Crippen molar-refractivity contribution in [1.29, 1.82) is 0 Å². The molecule has 2 aromatic heterocycles. The van der Waals surface area contributed by atoms with E-state index < -0.39 is 0 Å². The average molecular weight is 442 g/mol. The highest BCUT2D eigenvalue weighted by Gasteiger charge is 2.28. The number of nitrogens with zero attached hydrogens (tertiary/aromatic N) is 7. The monoisotopic (exact) mass is 441 g/mol. The van der Waals surface area contributed by atoms with E-state index in [-0.39, 0.29) is 0 Å². The van der Waals surface area contributed by atoms with Gasteiger partial charge in [0.05, 0.1) is 20.3 Å². The molecule has 3 heterocycles. The Balaban J connectivity index is 1.15. The van der Waals surface area contributed by atoms with E-state index in [4.69, 9.17) is 21.5 Å². The third kappa shape index (κ3) is 4.41. The van der Waals surface area contributed by atoms with Crippen LogP contribution in [0.4, 0.5) is 0 Å². The van der Waals surface area contributed by atoms with Crippen molar-refractivity contribution < 1.29 is 9.26 Å². The smallest absolute Gasteiger partial charge is 0.241 e. The molecule has 10 heteroatoms. The van der Waals surface area contributed by atoms with Crippen LogP contribution in [0.25, 0.3) is 11.4 Å². The fourth-order valence-electron chi connectivity index (χ4n) is 4.02. The summed E-state index contributed by atoms with van der Waals surface area (Å²) in [6, 6.07) is 8.22. The lowest BCUT2D eigenvalue weighted by Crippen LogP contribution is -2.46. The third-order valence-corrected chi connectivity index (χ3v) is 6.33. The molecule has 5 rings (SSSR count). The lowest BCUT2D eigenvalue weighted by atomic mass is 10.2. The molecule has 1 saturated carbocycles. The molecule has 0 radical (unpaired) electrons. The number of benzene rings is 1. The average Bonchev–Trinajstić information content (AvgIpc) is 3.44. The molecule has 0 amide bonds. The van der Waals surface area contributed by atoms with Crippen molar-refractivity contribution in [3.63, 3.8) is 0 Å². The van der Waals surface area contributed by atoms with Gasteiger partial charge in [0, 0.05) is 37.8 Å². The SMILES string of the molecule is COc1ccc(-c2noc(CN3CCN(Cn4nc(C)n(C5CC5)c4=S)CC3)n2)cc1. The summed E-state index contributed by atoms with van der Waals surface area (Å²) in [6.07, 6.45) is 2.44. The summed E-state index contributed by atoms with van der Waals surface area (Å²) in [4.78, 5) is 9.30. The highest BCUT2D eigenvalue weighted by Crippen LogP contribution is 2.36. The van der Waals surface area contributed by atoms with Crippen LogP contribution in [0.2, 0.25) is 0 Å². The van der Waals surface area contributed by atoms with Crippen molar-refractivity contribution in [2.45, 2.75) is 39.0 Å². The number of aromatic nitrogens is 5. The van der Waals surface area contributed by atoms with Crippen LogP contribution in [0.3, 0.4) is 0 Å². The van der Waals surface area contributed by atoms with E-state index in [9.17, 15) is 0 Å². The van der Waals surface area contributed by atoms with Crippen LogP contribution in [0.15, 0.2) is 28.8 Å². The van der Waals surface area contributed by atoms with E-state index in [2.05, 4.69) is 29.6 Å². The number of hydrogen-bond donors (Lipinski definition) is 0. The first-order valence-corrected chi connectivity index (χ1v) is 11.1. The number of aryl methyl sites for hydroxylation is 1. The zero-order valence-corrected chi connectivity index (χ0v) is 18.7. The Morgan fingerprint density at radius 1 is 1.10 bits per heavy atom. The van der Waals surface area contributed by atoms with Crippen LogP contribution in [-0.2, 0) is 13.2 Å². The molecular formula is C21H27N7O2S. The van der Waals surface area contributed by atoms with Gasteiger partial charge in [-0.25, -0.2) is 4.68 Å². The minimum absolute atomic E-state index is 0.565. The minimum Gasteiger partial charge on any atom is -0.497 e. The quantitative estimate of drug-likeness (QED) is 0.518. The fraction of sp³-hybridized carbons (Fsp3) is 0.524. The van der Waals surface area contributed by atoms with Crippen molar-refractivity contribution >= 4 is 12.2 Å². The number of ether oxygens (including phenoxy) is 1. The fourth-order valence-corrected chi connectivity index (χ4v) is 4.40. The number of hydrogen-bond acceptors (Lipinski definition) is 8. The number of methoxy groups -OCH3 is 1. The number of rotatable bonds is 7. The van der Waals surface area contributed by atoms with Gasteiger partial charge >= 0.3 is 0 Å². The van der Waals surface area contributed by atoms with Gasteiger partial charge in [-0.15, -0.1) is 0 Å². The predicted octanol–water partition coefficient (Wildman–Crippen LogP) is 2.89. The highest BCUT2D eigenvalue weighted by atomic mass is 32.1. The van der Waals surface area contributed by atoms with Gasteiger partial charge in [0.1, 0.15) is 11.6 Å². The molecule has 3 aromatic rings. The molecule has 1 aromatic carbocycles. The molecule has 0 bridgehead atoms. The van der Waals surface area contributed by atoms with Crippen molar-refractivity contribution in [1.82, 2.24) is 34.3 Å².